The van der Waals surface area contributed by atoms with E-state index in [2.05, 4.69) is 5.32 Å². The predicted molar refractivity (Wildman–Crippen MR) is 51.8 cm³/mol. The number of benzene rings is 1. The van der Waals surface area contributed by atoms with E-state index in [1.165, 1.54) is 12.1 Å². The molecular formula is C9H8Cl2FN. The molecule has 0 amide bonds. The Bertz CT molecular complexity index is 337. The molecule has 0 aliphatic carbocycles. The SMILES string of the molecule is Fc1cc(C2CCN2)c(Cl)cc1Cl. The van der Waals surface area contributed by atoms with Crippen LogP contribution in [0, 0.1) is 5.82 Å². The van der Waals surface area contributed by atoms with Gasteiger partial charge >= 0.3 is 0 Å². The van der Waals surface area contributed by atoms with Crippen molar-refractivity contribution >= 4 is 23.2 Å². The van der Waals surface area contributed by atoms with E-state index in [1.54, 1.807) is 0 Å². The molecule has 1 saturated heterocycles. The summed E-state index contributed by atoms with van der Waals surface area (Å²) in [5, 5.41) is 3.76. The van der Waals surface area contributed by atoms with Gasteiger partial charge in [-0.1, -0.05) is 23.2 Å². The fourth-order valence-electron chi connectivity index (χ4n) is 1.36. The van der Waals surface area contributed by atoms with Crippen LogP contribution < -0.4 is 5.32 Å². The fourth-order valence-corrected chi connectivity index (χ4v) is 1.87. The summed E-state index contributed by atoms with van der Waals surface area (Å²) in [6.45, 7) is 0.964. The highest BCUT2D eigenvalue weighted by Crippen LogP contribution is 2.32. The van der Waals surface area contributed by atoms with E-state index in [9.17, 15) is 4.39 Å². The number of hydrogen-bond donors (Lipinski definition) is 1. The molecule has 1 fully saturated rings. The molecule has 1 aromatic carbocycles. The molecule has 1 nitrogen and oxygen atoms in total. The molecule has 0 aromatic heterocycles. The third-order valence-electron chi connectivity index (χ3n) is 2.24. The van der Waals surface area contributed by atoms with Crippen LogP contribution in [-0.4, -0.2) is 6.54 Å². The summed E-state index contributed by atoms with van der Waals surface area (Å²) in [6, 6.07) is 3.05. The topological polar surface area (TPSA) is 12.0 Å². The summed E-state index contributed by atoms with van der Waals surface area (Å²) in [7, 11) is 0. The largest absolute Gasteiger partial charge is 0.310 e. The van der Waals surface area contributed by atoms with Crippen LogP contribution in [0.25, 0.3) is 0 Å². The molecule has 4 heteroatoms. The Kier molecular flexibility index (Phi) is 2.45. The first-order valence-electron chi connectivity index (χ1n) is 4.06. The van der Waals surface area contributed by atoms with Gasteiger partial charge in [-0.05, 0) is 30.7 Å². The van der Waals surface area contributed by atoms with Gasteiger partial charge in [0, 0.05) is 11.1 Å². The van der Waals surface area contributed by atoms with Gasteiger partial charge in [0.1, 0.15) is 5.82 Å². The maximum Gasteiger partial charge on any atom is 0.142 e. The Balaban J connectivity index is 2.39. The van der Waals surface area contributed by atoms with Gasteiger partial charge in [0.15, 0.2) is 0 Å². The minimum Gasteiger partial charge on any atom is -0.310 e. The van der Waals surface area contributed by atoms with E-state index >= 15 is 0 Å². The summed E-state index contributed by atoms with van der Waals surface area (Å²) in [4.78, 5) is 0. The fraction of sp³-hybridized carbons (Fsp3) is 0.333. The monoisotopic (exact) mass is 219 g/mol. The minimum atomic E-state index is -0.408. The second kappa shape index (κ2) is 3.45. The van der Waals surface area contributed by atoms with Crippen LogP contribution in [-0.2, 0) is 0 Å². The molecule has 1 heterocycles. The van der Waals surface area contributed by atoms with Crippen molar-refractivity contribution in [1.29, 1.82) is 0 Å². The Morgan fingerprint density at radius 1 is 1.31 bits per heavy atom. The summed E-state index contributed by atoms with van der Waals surface area (Å²) in [5.41, 5.74) is 0.801. The summed E-state index contributed by atoms with van der Waals surface area (Å²) in [5.74, 6) is -0.408. The normalized spacial score (nSPS) is 21.3. The molecule has 1 N–H and O–H groups in total. The summed E-state index contributed by atoms with van der Waals surface area (Å²) in [6.07, 6.45) is 1.00. The number of hydrogen-bond acceptors (Lipinski definition) is 1. The van der Waals surface area contributed by atoms with Crippen molar-refractivity contribution in [2.75, 3.05) is 6.54 Å². The molecule has 70 valence electrons. The van der Waals surface area contributed by atoms with Crippen LogP contribution in [0.15, 0.2) is 12.1 Å². The standard InChI is InChI=1S/C9H8Cl2FN/c10-6-4-7(11)8(12)3-5(6)9-1-2-13-9/h3-4,9,13H,1-2H2. The van der Waals surface area contributed by atoms with Gasteiger partial charge in [0.25, 0.3) is 0 Å². The van der Waals surface area contributed by atoms with Crippen LogP contribution in [0.3, 0.4) is 0 Å². The lowest BCUT2D eigenvalue weighted by Gasteiger charge is -2.28. The van der Waals surface area contributed by atoms with Crippen LogP contribution in [0.1, 0.15) is 18.0 Å². The molecule has 1 aliphatic heterocycles. The van der Waals surface area contributed by atoms with E-state index in [-0.39, 0.29) is 11.1 Å². The molecule has 0 bridgehead atoms. The van der Waals surface area contributed by atoms with Crippen molar-refractivity contribution in [2.24, 2.45) is 0 Å². The molecule has 0 saturated carbocycles. The Hall–Kier alpha value is -0.310. The van der Waals surface area contributed by atoms with Gasteiger partial charge < -0.3 is 5.32 Å². The van der Waals surface area contributed by atoms with E-state index in [4.69, 9.17) is 23.2 Å². The average Bonchev–Trinajstić information content (AvgIpc) is 1.96. The summed E-state index contributed by atoms with van der Waals surface area (Å²) < 4.78 is 13.1. The van der Waals surface area contributed by atoms with E-state index < -0.39 is 5.82 Å². The molecule has 13 heavy (non-hydrogen) atoms. The smallest absolute Gasteiger partial charge is 0.142 e. The van der Waals surface area contributed by atoms with Crippen LogP contribution in [0.4, 0.5) is 4.39 Å². The second-order valence-corrected chi connectivity index (χ2v) is 3.90. The maximum atomic E-state index is 13.1. The highest BCUT2D eigenvalue weighted by atomic mass is 35.5. The van der Waals surface area contributed by atoms with Crippen LogP contribution in [0.5, 0.6) is 0 Å². The molecule has 0 spiro atoms. The van der Waals surface area contributed by atoms with Crippen LogP contribution >= 0.6 is 23.2 Å². The van der Waals surface area contributed by atoms with Crippen molar-refractivity contribution in [3.63, 3.8) is 0 Å². The van der Waals surface area contributed by atoms with Crippen molar-refractivity contribution < 1.29 is 4.39 Å². The Morgan fingerprint density at radius 3 is 2.54 bits per heavy atom. The van der Waals surface area contributed by atoms with Gasteiger partial charge in [-0.25, -0.2) is 4.39 Å². The molecule has 2 rings (SSSR count). The van der Waals surface area contributed by atoms with Gasteiger partial charge in [-0.2, -0.15) is 0 Å². The highest BCUT2D eigenvalue weighted by molar-refractivity contribution is 6.35. The summed E-state index contributed by atoms with van der Waals surface area (Å²) >= 11 is 11.5. The number of nitrogens with one attached hydrogen (secondary N) is 1. The zero-order valence-electron chi connectivity index (χ0n) is 6.78. The third-order valence-corrected chi connectivity index (χ3v) is 2.86. The Labute approximate surface area is 85.8 Å². The molecule has 1 aromatic rings. The van der Waals surface area contributed by atoms with Crippen LogP contribution in [0.2, 0.25) is 10.0 Å². The first-order chi connectivity index (χ1) is 6.18. The maximum absolute atomic E-state index is 13.1. The Morgan fingerprint density at radius 2 is 2.00 bits per heavy atom. The molecule has 1 aliphatic rings. The van der Waals surface area contributed by atoms with E-state index in [0.717, 1.165) is 18.5 Å². The van der Waals surface area contributed by atoms with Crippen molar-refractivity contribution in [2.45, 2.75) is 12.5 Å². The second-order valence-electron chi connectivity index (χ2n) is 3.08. The van der Waals surface area contributed by atoms with Crippen molar-refractivity contribution in [3.05, 3.63) is 33.6 Å². The van der Waals surface area contributed by atoms with Gasteiger partial charge in [-0.3, -0.25) is 0 Å². The predicted octanol–water partition coefficient (Wildman–Crippen LogP) is 3.17. The van der Waals surface area contributed by atoms with Gasteiger partial charge in [0.05, 0.1) is 5.02 Å². The quantitative estimate of drug-likeness (QED) is 0.716. The molecule has 1 atom stereocenters. The molecular weight excluding hydrogens is 212 g/mol. The van der Waals surface area contributed by atoms with Crippen molar-refractivity contribution in [1.82, 2.24) is 5.32 Å². The zero-order chi connectivity index (χ0) is 9.42. The molecule has 0 radical (unpaired) electrons. The number of rotatable bonds is 1. The zero-order valence-corrected chi connectivity index (χ0v) is 8.29. The lowest BCUT2D eigenvalue weighted by atomic mass is 9.98. The van der Waals surface area contributed by atoms with Gasteiger partial charge in [-0.15, -0.1) is 0 Å². The molecule has 1 unspecified atom stereocenters. The highest BCUT2D eigenvalue weighted by Gasteiger charge is 2.22. The average molecular weight is 220 g/mol. The van der Waals surface area contributed by atoms with E-state index in [0.29, 0.717) is 5.02 Å². The van der Waals surface area contributed by atoms with Gasteiger partial charge in [0.2, 0.25) is 0 Å². The number of halogens is 3. The third kappa shape index (κ3) is 1.66. The van der Waals surface area contributed by atoms with E-state index in [1.807, 2.05) is 0 Å². The first-order valence-corrected chi connectivity index (χ1v) is 4.82. The lowest BCUT2D eigenvalue weighted by Crippen LogP contribution is -2.35. The first kappa shape index (κ1) is 9.25. The lowest BCUT2D eigenvalue weighted by molar-refractivity contribution is 0.382. The van der Waals surface area contributed by atoms with Crippen molar-refractivity contribution in [3.8, 4) is 0 Å². The minimum absolute atomic E-state index is 0.0769.